The van der Waals surface area contributed by atoms with Crippen molar-refractivity contribution in [3.63, 3.8) is 0 Å². The number of benzene rings is 2. The maximum Gasteiger partial charge on any atom is 0.314 e. The maximum atomic E-state index is 14.1. The molecular weight excluding hydrogens is 508 g/mol. The topological polar surface area (TPSA) is 103 Å². The van der Waals surface area contributed by atoms with Gasteiger partial charge in [-0.1, -0.05) is 45.0 Å². The van der Waals surface area contributed by atoms with E-state index in [1.165, 1.54) is 11.9 Å². The van der Waals surface area contributed by atoms with E-state index in [-0.39, 0.29) is 25.3 Å². The fourth-order valence-corrected chi connectivity index (χ4v) is 5.20. The molecule has 9 nitrogen and oxygen atoms in total. The van der Waals surface area contributed by atoms with Crippen LogP contribution >= 0.6 is 0 Å². The molecule has 0 radical (unpaired) electrons. The number of nitrogens with zero attached hydrogens (tertiary/aromatic N) is 3. The Hall–Kier alpha value is -4.33. The number of amides is 4. The Bertz CT molecular complexity index is 1380. The summed E-state index contributed by atoms with van der Waals surface area (Å²) in [4.78, 5) is 58.8. The molecular formula is C28H29F2N5O4. The number of rotatable bonds is 4. The Kier molecular flexibility index (Phi) is 7.17. The average molecular weight is 538 g/mol. The summed E-state index contributed by atoms with van der Waals surface area (Å²) in [5.41, 5.74) is -1.07. The Morgan fingerprint density at radius 1 is 1.18 bits per heavy atom. The molecule has 1 saturated heterocycles. The summed E-state index contributed by atoms with van der Waals surface area (Å²) in [6.45, 7) is 13.2. The van der Waals surface area contributed by atoms with Crippen LogP contribution in [0.5, 0.6) is 0 Å². The first-order chi connectivity index (χ1) is 18.3. The number of carbonyl (C=O) groups excluding carboxylic acids is 4. The van der Waals surface area contributed by atoms with Gasteiger partial charge in [-0.05, 0) is 35.6 Å². The molecule has 1 fully saturated rings. The number of halogens is 2. The third kappa shape index (κ3) is 5.06. The molecule has 2 aliphatic heterocycles. The second kappa shape index (κ2) is 10.1. The lowest BCUT2D eigenvalue weighted by molar-refractivity contribution is -0.150. The van der Waals surface area contributed by atoms with Gasteiger partial charge in [-0.25, -0.2) is 15.4 Å². The first-order valence-corrected chi connectivity index (χ1v) is 12.4. The lowest BCUT2D eigenvalue weighted by Gasteiger charge is -2.34. The highest BCUT2D eigenvalue weighted by atomic mass is 19.1. The molecule has 4 amide bonds. The first kappa shape index (κ1) is 27.7. The van der Waals surface area contributed by atoms with Gasteiger partial charge in [0.15, 0.2) is 0 Å². The normalized spacial score (nSPS) is 20.7. The minimum Gasteiger partial charge on any atom is -0.325 e. The van der Waals surface area contributed by atoms with Crippen molar-refractivity contribution in [1.29, 1.82) is 0 Å². The molecule has 39 heavy (non-hydrogen) atoms. The van der Waals surface area contributed by atoms with Gasteiger partial charge in [0.25, 0.3) is 5.91 Å². The lowest BCUT2D eigenvalue weighted by atomic mass is 9.80. The van der Waals surface area contributed by atoms with Crippen LogP contribution in [0.15, 0.2) is 42.5 Å². The molecule has 11 heteroatoms. The van der Waals surface area contributed by atoms with Crippen molar-refractivity contribution < 1.29 is 28.0 Å². The standard InChI is InChI=1S/C28H29F2N5O4/c1-27(2,3)13-20(34(5)25(38)23(36)33-22-17(29)10-8-11-18(22)30)24(37)35-15-28(14-21(35)31-4)16-9-6-7-12-19(16)32-26(28)39/h6-12,20-21H,13-15H2,1-3,5H3,(H,32,39)(H,33,36)/t20-,21-,28-/m0/s1. The number of carbonyl (C=O) groups is 4. The number of fused-ring (bicyclic) bond motifs is 2. The Morgan fingerprint density at radius 3 is 2.44 bits per heavy atom. The van der Waals surface area contributed by atoms with Crippen molar-refractivity contribution in [3.05, 3.63) is 71.1 Å². The van der Waals surface area contributed by atoms with E-state index in [9.17, 15) is 28.0 Å². The molecule has 0 bridgehead atoms. The monoisotopic (exact) mass is 537 g/mol. The summed E-state index contributed by atoms with van der Waals surface area (Å²) in [6, 6.07) is 8.90. The van der Waals surface area contributed by atoms with E-state index < -0.39 is 58.1 Å². The summed E-state index contributed by atoms with van der Waals surface area (Å²) < 4.78 is 28.1. The van der Waals surface area contributed by atoms with Gasteiger partial charge in [-0.3, -0.25) is 28.9 Å². The Balaban J connectivity index is 1.63. The van der Waals surface area contributed by atoms with E-state index in [0.717, 1.165) is 23.1 Å². The molecule has 4 rings (SSSR count). The predicted molar refractivity (Wildman–Crippen MR) is 139 cm³/mol. The molecule has 0 unspecified atom stereocenters. The van der Waals surface area contributed by atoms with Crippen molar-refractivity contribution in [3.8, 4) is 0 Å². The number of likely N-dealkylation sites (N-methyl/N-ethyl adjacent to an activating group) is 1. The third-order valence-corrected chi connectivity index (χ3v) is 7.16. The SMILES string of the molecule is [C-]#[N+][C@@H]1C[C@@]2(CN1C(=O)[C@H](CC(C)(C)C)N(C)C(=O)C(=O)Nc1c(F)cccc1F)C(=O)Nc1ccccc12. The minimum atomic E-state index is -1.32. The Labute approximate surface area is 225 Å². The highest BCUT2D eigenvalue weighted by molar-refractivity contribution is 6.39. The molecule has 204 valence electrons. The van der Waals surface area contributed by atoms with Gasteiger partial charge in [0.2, 0.25) is 5.91 Å². The zero-order valence-corrected chi connectivity index (χ0v) is 22.0. The third-order valence-electron chi connectivity index (χ3n) is 7.16. The summed E-state index contributed by atoms with van der Waals surface area (Å²) in [5.74, 6) is -5.53. The van der Waals surface area contributed by atoms with Crippen molar-refractivity contribution >= 4 is 35.0 Å². The van der Waals surface area contributed by atoms with Crippen LogP contribution in [0.2, 0.25) is 0 Å². The number of hydrogen-bond acceptors (Lipinski definition) is 4. The van der Waals surface area contributed by atoms with Crippen molar-refractivity contribution in [2.24, 2.45) is 5.41 Å². The zero-order valence-electron chi connectivity index (χ0n) is 22.0. The fraction of sp³-hybridized carbons (Fsp3) is 0.393. The molecule has 2 N–H and O–H groups in total. The summed E-state index contributed by atoms with van der Waals surface area (Å²) in [6.07, 6.45) is -0.772. The Morgan fingerprint density at radius 2 is 1.82 bits per heavy atom. The van der Waals surface area contributed by atoms with Gasteiger partial charge < -0.3 is 15.5 Å². The highest BCUT2D eigenvalue weighted by Crippen LogP contribution is 2.47. The number of para-hydroxylation sites is 2. The van der Waals surface area contributed by atoms with Crippen molar-refractivity contribution in [1.82, 2.24) is 9.80 Å². The number of nitrogens with one attached hydrogen (secondary N) is 2. The zero-order chi connectivity index (χ0) is 28.7. The van der Waals surface area contributed by atoms with E-state index in [1.807, 2.05) is 26.1 Å². The number of hydrogen-bond donors (Lipinski definition) is 2. The van der Waals surface area contributed by atoms with Gasteiger partial charge in [0.05, 0.1) is 6.42 Å². The van der Waals surface area contributed by atoms with Crippen LogP contribution < -0.4 is 10.6 Å². The van der Waals surface area contributed by atoms with Gasteiger partial charge in [-0.15, -0.1) is 0 Å². The van der Waals surface area contributed by atoms with Crippen LogP contribution in [-0.2, 0) is 24.6 Å². The van der Waals surface area contributed by atoms with Gasteiger partial charge in [-0.2, -0.15) is 0 Å². The van der Waals surface area contributed by atoms with Gasteiger partial charge in [0, 0.05) is 19.3 Å². The van der Waals surface area contributed by atoms with E-state index in [2.05, 4.69) is 10.2 Å². The molecule has 0 aromatic heterocycles. The average Bonchev–Trinajstić information content (AvgIpc) is 3.41. The maximum absolute atomic E-state index is 14.1. The first-order valence-electron chi connectivity index (χ1n) is 12.4. The molecule has 2 aromatic rings. The largest absolute Gasteiger partial charge is 0.325 e. The quantitative estimate of drug-likeness (QED) is 0.460. The molecule has 2 heterocycles. The molecule has 0 aliphatic carbocycles. The van der Waals surface area contributed by atoms with E-state index >= 15 is 0 Å². The second-order valence-electron chi connectivity index (χ2n) is 11.1. The van der Waals surface area contributed by atoms with Gasteiger partial charge >= 0.3 is 18.0 Å². The van der Waals surface area contributed by atoms with Crippen molar-refractivity contribution in [2.75, 3.05) is 24.2 Å². The van der Waals surface area contributed by atoms with Crippen LogP contribution in [0, 0.1) is 23.6 Å². The number of anilines is 2. The molecule has 2 aliphatic rings. The predicted octanol–water partition coefficient (Wildman–Crippen LogP) is 3.53. The van der Waals surface area contributed by atoms with E-state index in [1.54, 1.807) is 24.3 Å². The fourth-order valence-electron chi connectivity index (χ4n) is 5.20. The van der Waals surface area contributed by atoms with Crippen LogP contribution in [0.3, 0.4) is 0 Å². The molecule has 0 saturated carbocycles. The smallest absolute Gasteiger partial charge is 0.314 e. The van der Waals surface area contributed by atoms with E-state index in [4.69, 9.17) is 6.57 Å². The van der Waals surface area contributed by atoms with Crippen LogP contribution in [0.25, 0.3) is 4.85 Å². The van der Waals surface area contributed by atoms with Crippen LogP contribution in [0.1, 0.15) is 39.2 Å². The highest BCUT2D eigenvalue weighted by Gasteiger charge is 2.59. The minimum absolute atomic E-state index is 0.0724. The van der Waals surface area contributed by atoms with Crippen LogP contribution in [0.4, 0.5) is 20.2 Å². The van der Waals surface area contributed by atoms with E-state index in [0.29, 0.717) is 11.3 Å². The summed E-state index contributed by atoms with van der Waals surface area (Å²) in [5, 5.41) is 4.79. The number of likely N-dealkylation sites (tertiary alicyclic amines) is 1. The molecule has 1 spiro atoms. The lowest BCUT2D eigenvalue weighted by Crippen LogP contribution is -2.54. The summed E-state index contributed by atoms with van der Waals surface area (Å²) >= 11 is 0. The van der Waals surface area contributed by atoms with Crippen molar-refractivity contribution in [2.45, 2.75) is 51.2 Å². The second-order valence-corrected chi connectivity index (χ2v) is 11.1. The van der Waals surface area contributed by atoms with Gasteiger partial charge in [0.1, 0.15) is 28.8 Å². The molecule has 2 aromatic carbocycles. The van der Waals surface area contributed by atoms with Crippen LogP contribution in [-0.4, -0.2) is 59.2 Å². The summed E-state index contributed by atoms with van der Waals surface area (Å²) in [7, 11) is 1.25. The molecule has 3 atom stereocenters.